The van der Waals surface area contributed by atoms with Crippen molar-refractivity contribution < 1.29 is 4.39 Å². The third-order valence-electron chi connectivity index (χ3n) is 3.04. The quantitative estimate of drug-likeness (QED) is 0.793. The molecule has 4 heteroatoms. The van der Waals surface area contributed by atoms with E-state index in [1.807, 2.05) is 17.5 Å². The molecule has 1 N–H and O–H groups in total. The molecule has 0 radical (unpaired) electrons. The maximum atomic E-state index is 13.5. The van der Waals surface area contributed by atoms with Crippen LogP contribution >= 0.6 is 22.9 Å². The first-order valence-electron chi connectivity index (χ1n) is 6.39. The number of hydrogen-bond donors (Lipinski definition) is 1. The van der Waals surface area contributed by atoms with Crippen LogP contribution in [-0.2, 0) is 0 Å². The highest BCUT2D eigenvalue weighted by Gasteiger charge is 2.15. The summed E-state index contributed by atoms with van der Waals surface area (Å²) in [6.45, 7) is 5.16. The predicted octanol–water partition coefficient (Wildman–Crippen LogP) is 5.27. The molecule has 0 bridgehead atoms. The number of hydrogen-bond acceptors (Lipinski definition) is 2. The lowest BCUT2D eigenvalue weighted by atomic mass is 10.00. The maximum Gasteiger partial charge on any atom is 0.123 e. The summed E-state index contributed by atoms with van der Waals surface area (Å²) in [5, 5.41) is 6.04. The number of nitrogens with one attached hydrogen (secondary N) is 1. The number of benzene rings is 1. The van der Waals surface area contributed by atoms with Crippen molar-refractivity contribution in [3.05, 3.63) is 46.0 Å². The molecule has 1 nitrogen and oxygen atoms in total. The van der Waals surface area contributed by atoms with E-state index in [1.54, 1.807) is 17.4 Å². The lowest BCUT2D eigenvalue weighted by Gasteiger charge is -2.17. The molecule has 0 aliphatic rings. The molecule has 0 aliphatic carbocycles. The van der Waals surface area contributed by atoms with Crippen molar-refractivity contribution in [3.8, 4) is 10.4 Å². The van der Waals surface area contributed by atoms with Crippen molar-refractivity contribution in [1.29, 1.82) is 0 Å². The van der Waals surface area contributed by atoms with Crippen LogP contribution in [0.2, 0.25) is 5.02 Å². The third-order valence-corrected chi connectivity index (χ3v) is 4.42. The highest BCUT2D eigenvalue weighted by atomic mass is 35.5. The van der Waals surface area contributed by atoms with Crippen LogP contribution in [0.15, 0.2) is 29.6 Å². The summed E-state index contributed by atoms with van der Waals surface area (Å²) >= 11 is 7.72. The molecule has 1 heterocycles. The number of thiophene rings is 1. The lowest BCUT2D eigenvalue weighted by Crippen LogP contribution is -2.19. The van der Waals surface area contributed by atoms with E-state index in [0.717, 1.165) is 29.0 Å². The molecule has 2 rings (SSSR count). The SMILES string of the molecule is CCCNC(C)c1ccc(F)cc1-c1sccc1Cl. The van der Waals surface area contributed by atoms with Gasteiger partial charge in [0.15, 0.2) is 0 Å². The molecule has 0 spiro atoms. The number of halogens is 2. The topological polar surface area (TPSA) is 12.0 Å². The summed E-state index contributed by atoms with van der Waals surface area (Å²) in [5.41, 5.74) is 1.97. The minimum atomic E-state index is -0.231. The second kappa shape index (κ2) is 6.51. The minimum absolute atomic E-state index is 0.175. The van der Waals surface area contributed by atoms with E-state index in [9.17, 15) is 4.39 Å². The van der Waals surface area contributed by atoms with E-state index in [1.165, 1.54) is 6.07 Å². The van der Waals surface area contributed by atoms with Gasteiger partial charge in [-0.15, -0.1) is 11.3 Å². The Balaban J connectivity index is 2.41. The van der Waals surface area contributed by atoms with Crippen molar-refractivity contribution >= 4 is 22.9 Å². The van der Waals surface area contributed by atoms with Crippen LogP contribution in [0.3, 0.4) is 0 Å². The van der Waals surface area contributed by atoms with Gasteiger partial charge in [-0.2, -0.15) is 0 Å². The number of rotatable bonds is 5. The predicted molar refractivity (Wildman–Crippen MR) is 81.4 cm³/mol. The average molecular weight is 298 g/mol. The van der Waals surface area contributed by atoms with Gasteiger partial charge in [-0.05, 0) is 49.0 Å². The molecule has 1 unspecified atom stereocenters. The Bertz CT molecular complexity index is 553. The Kier molecular flexibility index (Phi) is 4.97. The average Bonchev–Trinajstić information content (AvgIpc) is 2.82. The highest BCUT2D eigenvalue weighted by molar-refractivity contribution is 7.14. The van der Waals surface area contributed by atoms with Crippen molar-refractivity contribution in [1.82, 2.24) is 5.32 Å². The Hall–Kier alpha value is -0.900. The minimum Gasteiger partial charge on any atom is -0.310 e. The molecule has 0 saturated heterocycles. The van der Waals surface area contributed by atoms with Gasteiger partial charge in [0.1, 0.15) is 5.82 Å². The van der Waals surface area contributed by atoms with Crippen LogP contribution in [-0.4, -0.2) is 6.54 Å². The largest absolute Gasteiger partial charge is 0.310 e. The molecule has 2 aromatic rings. The molecule has 0 fully saturated rings. The first-order chi connectivity index (χ1) is 9.13. The van der Waals surface area contributed by atoms with Crippen LogP contribution in [0.1, 0.15) is 31.9 Å². The van der Waals surface area contributed by atoms with E-state index in [2.05, 4.69) is 19.2 Å². The van der Waals surface area contributed by atoms with Gasteiger partial charge in [-0.25, -0.2) is 4.39 Å². The van der Waals surface area contributed by atoms with E-state index < -0.39 is 0 Å². The Morgan fingerprint density at radius 3 is 2.79 bits per heavy atom. The monoisotopic (exact) mass is 297 g/mol. The van der Waals surface area contributed by atoms with Gasteiger partial charge < -0.3 is 5.32 Å². The van der Waals surface area contributed by atoms with Crippen molar-refractivity contribution in [2.75, 3.05) is 6.54 Å². The molecule has 1 aromatic carbocycles. The van der Waals surface area contributed by atoms with Crippen LogP contribution in [0.4, 0.5) is 4.39 Å². The molecule has 0 aliphatic heterocycles. The lowest BCUT2D eigenvalue weighted by molar-refractivity contribution is 0.569. The zero-order valence-electron chi connectivity index (χ0n) is 11.0. The normalized spacial score (nSPS) is 12.6. The molecular formula is C15H17ClFNS. The smallest absolute Gasteiger partial charge is 0.123 e. The molecule has 1 atom stereocenters. The van der Waals surface area contributed by atoms with Crippen molar-refractivity contribution in [2.45, 2.75) is 26.3 Å². The summed E-state index contributed by atoms with van der Waals surface area (Å²) in [6.07, 6.45) is 1.07. The van der Waals surface area contributed by atoms with Crippen LogP contribution in [0, 0.1) is 5.82 Å². The Labute approximate surface area is 122 Å². The van der Waals surface area contributed by atoms with E-state index in [4.69, 9.17) is 11.6 Å². The van der Waals surface area contributed by atoms with Gasteiger partial charge in [0, 0.05) is 11.6 Å². The van der Waals surface area contributed by atoms with Gasteiger partial charge in [-0.3, -0.25) is 0 Å². The third kappa shape index (κ3) is 3.35. The second-order valence-electron chi connectivity index (χ2n) is 4.51. The fourth-order valence-electron chi connectivity index (χ4n) is 2.06. The zero-order valence-corrected chi connectivity index (χ0v) is 12.6. The van der Waals surface area contributed by atoms with Gasteiger partial charge in [0.05, 0.1) is 9.90 Å². The van der Waals surface area contributed by atoms with Gasteiger partial charge >= 0.3 is 0 Å². The standard InChI is InChI=1S/C15H17ClFNS/c1-3-7-18-10(2)12-5-4-11(17)9-13(12)15-14(16)6-8-19-15/h4-6,8-10,18H,3,7H2,1-2H3. The summed E-state index contributed by atoms with van der Waals surface area (Å²) in [6, 6.07) is 6.93. The van der Waals surface area contributed by atoms with Crippen LogP contribution < -0.4 is 5.32 Å². The molecule has 102 valence electrons. The summed E-state index contributed by atoms with van der Waals surface area (Å²) in [5.74, 6) is -0.231. The zero-order chi connectivity index (χ0) is 13.8. The molecular weight excluding hydrogens is 281 g/mol. The molecule has 0 amide bonds. The van der Waals surface area contributed by atoms with Crippen LogP contribution in [0.5, 0.6) is 0 Å². The van der Waals surface area contributed by atoms with Gasteiger partial charge in [0.25, 0.3) is 0 Å². The first-order valence-corrected chi connectivity index (χ1v) is 7.65. The summed E-state index contributed by atoms with van der Waals surface area (Å²) < 4.78 is 13.5. The fourth-order valence-corrected chi connectivity index (χ4v) is 3.26. The van der Waals surface area contributed by atoms with E-state index in [0.29, 0.717) is 5.02 Å². The Morgan fingerprint density at radius 2 is 2.16 bits per heavy atom. The van der Waals surface area contributed by atoms with E-state index in [-0.39, 0.29) is 11.9 Å². The first kappa shape index (κ1) is 14.5. The van der Waals surface area contributed by atoms with Gasteiger partial charge in [-0.1, -0.05) is 24.6 Å². The second-order valence-corrected chi connectivity index (χ2v) is 5.83. The molecule has 0 saturated carbocycles. The maximum absolute atomic E-state index is 13.5. The van der Waals surface area contributed by atoms with E-state index >= 15 is 0 Å². The van der Waals surface area contributed by atoms with Crippen molar-refractivity contribution in [2.24, 2.45) is 0 Å². The molecule has 1 aromatic heterocycles. The molecule has 19 heavy (non-hydrogen) atoms. The highest BCUT2D eigenvalue weighted by Crippen LogP contribution is 2.37. The summed E-state index contributed by atoms with van der Waals surface area (Å²) in [4.78, 5) is 0.932. The van der Waals surface area contributed by atoms with Crippen molar-refractivity contribution in [3.63, 3.8) is 0 Å². The summed E-state index contributed by atoms with van der Waals surface area (Å²) in [7, 11) is 0. The Morgan fingerprint density at radius 1 is 1.37 bits per heavy atom. The van der Waals surface area contributed by atoms with Crippen LogP contribution in [0.25, 0.3) is 10.4 Å². The van der Waals surface area contributed by atoms with Gasteiger partial charge in [0.2, 0.25) is 0 Å². The fraction of sp³-hybridized carbons (Fsp3) is 0.333.